The molecule has 0 radical (unpaired) electrons. The molecular weight excluding hydrogens is 444 g/mol. The summed E-state index contributed by atoms with van der Waals surface area (Å²) < 4.78 is 21.1. The highest BCUT2D eigenvalue weighted by molar-refractivity contribution is 7.52. The van der Waals surface area contributed by atoms with E-state index in [2.05, 4.69) is 0 Å². The van der Waals surface area contributed by atoms with Crippen molar-refractivity contribution in [1.82, 2.24) is 0 Å². The van der Waals surface area contributed by atoms with E-state index < -0.39 is 30.4 Å². The second kappa shape index (κ2) is 19.6. The maximum absolute atomic E-state index is 13.2. The van der Waals surface area contributed by atoms with E-state index in [9.17, 15) is 19.2 Å². The first-order valence-corrected chi connectivity index (χ1v) is 14.6. The van der Waals surface area contributed by atoms with Crippen molar-refractivity contribution in [2.75, 3.05) is 26.4 Å². The lowest BCUT2D eigenvalue weighted by Crippen LogP contribution is -2.66. The summed E-state index contributed by atoms with van der Waals surface area (Å²) in [4.78, 5) is 52.6. The number of ether oxygens (including phenoxy) is 4. The Morgan fingerprint density at radius 3 is 0.818 bits per heavy atom. The van der Waals surface area contributed by atoms with E-state index >= 15 is 0 Å². The van der Waals surface area contributed by atoms with E-state index in [1.54, 1.807) is 0 Å². The molecule has 0 aliphatic rings. The van der Waals surface area contributed by atoms with Gasteiger partial charge in [0.1, 0.15) is 0 Å². The van der Waals surface area contributed by atoms with Crippen LogP contribution in [0.3, 0.4) is 0 Å². The third-order valence-electron chi connectivity index (χ3n) is 5.15. The molecule has 0 aliphatic heterocycles. The lowest BCUT2D eigenvalue weighted by atomic mass is 10.3. The van der Waals surface area contributed by atoms with Gasteiger partial charge in [0.25, 0.3) is 0 Å². The third-order valence-corrected chi connectivity index (χ3v) is 8.18. The molecule has 0 amide bonds. The molecule has 0 aromatic carbocycles. The van der Waals surface area contributed by atoms with Gasteiger partial charge in [-0.25, -0.2) is 0 Å². The lowest BCUT2D eigenvalue weighted by molar-refractivity contribution is 0.142. The van der Waals surface area contributed by atoms with E-state index in [-0.39, 0.29) is 26.4 Å². The minimum absolute atomic E-state index is 0.0107. The highest BCUT2D eigenvalue weighted by Gasteiger charge is 2.71. The molecule has 0 saturated carbocycles. The molecule has 0 atom stereocenters. The summed E-state index contributed by atoms with van der Waals surface area (Å²) in [6.07, 6.45) is 9.11. The highest BCUT2D eigenvalue weighted by Crippen LogP contribution is 2.20. The Morgan fingerprint density at radius 1 is 0.424 bits per heavy atom. The summed E-state index contributed by atoms with van der Waals surface area (Å²) in [6.45, 7) is 8.03. The molecule has 9 heteroatoms. The maximum Gasteiger partial charge on any atom is 0.545 e. The predicted molar refractivity (Wildman–Crippen MR) is 129 cm³/mol. The normalized spacial score (nSPS) is 11.0. The smallest absolute Gasteiger partial charge is 0.469 e. The van der Waals surface area contributed by atoms with Gasteiger partial charge in [0, 0.05) is 0 Å². The van der Waals surface area contributed by atoms with Gasteiger partial charge in [-0.2, -0.15) is 0 Å². The van der Waals surface area contributed by atoms with E-state index in [1.807, 2.05) is 27.7 Å². The molecular formula is C24H44O8Si. The van der Waals surface area contributed by atoms with Crippen LogP contribution in [0.5, 0.6) is 0 Å². The zero-order chi connectivity index (χ0) is 25.0. The number of hydrogen-bond acceptors (Lipinski definition) is 8. The first kappa shape index (κ1) is 31.1. The van der Waals surface area contributed by atoms with Crippen LogP contribution in [0.2, 0.25) is 0 Å². The summed E-state index contributed by atoms with van der Waals surface area (Å²) in [7, 11) is -4.89. The zero-order valence-corrected chi connectivity index (χ0v) is 22.1. The fourth-order valence-corrected chi connectivity index (χ4v) is 5.28. The summed E-state index contributed by atoms with van der Waals surface area (Å²) in [5.41, 5.74) is -4.61. The minimum atomic E-state index is -4.89. The average Bonchev–Trinajstić information content (AvgIpc) is 2.80. The molecule has 0 heterocycles. The van der Waals surface area contributed by atoms with Crippen LogP contribution in [0.15, 0.2) is 0 Å². The van der Waals surface area contributed by atoms with Gasteiger partial charge in [-0.3, -0.25) is 19.2 Å². The van der Waals surface area contributed by atoms with Crippen molar-refractivity contribution in [2.45, 2.75) is 105 Å². The number of carbonyl (C=O) groups is 4. The molecule has 33 heavy (non-hydrogen) atoms. The van der Waals surface area contributed by atoms with Gasteiger partial charge in [-0.05, 0) is 25.7 Å². The maximum atomic E-state index is 13.2. The minimum Gasteiger partial charge on any atom is -0.469 e. The Hall–Kier alpha value is -1.90. The summed E-state index contributed by atoms with van der Waals surface area (Å²) in [5.74, 6) is 0. The Kier molecular flexibility index (Phi) is 18.4. The van der Waals surface area contributed by atoms with Crippen molar-refractivity contribution in [2.24, 2.45) is 0 Å². The van der Waals surface area contributed by atoms with E-state index in [1.165, 1.54) is 0 Å². The van der Waals surface area contributed by atoms with Crippen molar-refractivity contribution in [1.29, 1.82) is 0 Å². The van der Waals surface area contributed by atoms with Crippen molar-refractivity contribution in [3.63, 3.8) is 0 Å². The summed E-state index contributed by atoms with van der Waals surface area (Å²) in [6, 6.07) is 0. The van der Waals surface area contributed by atoms with Crippen LogP contribution >= 0.6 is 0 Å². The SMILES string of the molecule is CCCCCOC(=O)[Si](C(=O)OCCCCC)(C(=O)OCCCCC)C(=O)OCCCCC. The molecule has 0 saturated heterocycles. The Bertz CT molecular complexity index is 477. The van der Waals surface area contributed by atoms with Gasteiger partial charge >= 0.3 is 30.4 Å². The molecule has 0 fully saturated rings. The molecule has 0 unspecified atom stereocenters. The first-order chi connectivity index (χ1) is 15.9. The first-order valence-electron chi connectivity index (χ1n) is 12.6. The largest absolute Gasteiger partial charge is 0.545 e. The monoisotopic (exact) mass is 488 g/mol. The van der Waals surface area contributed by atoms with Crippen molar-refractivity contribution in [3.05, 3.63) is 0 Å². The van der Waals surface area contributed by atoms with Gasteiger partial charge in [-0.15, -0.1) is 0 Å². The van der Waals surface area contributed by atoms with E-state index in [0.717, 1.165) is 51.4 Å². The molecule has 0 aliphatic carbocycles. The molecule has 8 nitrogen and oxygen atoms in total. The molecule has 192 valence electrons. The van der Waals surface area contributed by atoms with Crippen LogP contribution in [0.4, 0.5) is 19.2 Å². The van der Waals surface area contributed by atoms with Crippen LogP contribution in [-0.2, 0) is 18.9 Å². The van der Waals surface area contributed by atoms with Crippen LogP contribution in [0, 0.1) is 0 Å². The summed E-state index contributed by atoms with van der Waals surface area (Å²) in [5, 5.41) is 0. The topological polar surface area (TPSA) is 105 Å². The Morgan fingerprint density at radius 2 is 0.636 bits per heavy atom. The molecule has 0 rings (SSSR count). The zero-order valence-electron chi connectivity index (χ0n) is 21.1. The number of hydrogen-bond donors (Lipinski definition) is 0. The highest BCUT2D eigenvalue weighted by atomic mass is 28.3. The number of carbonyl (C=O) groups excluding carboxylic acids is 4. The van der Waals surface area contributed by atoms with Gasteiger partial charge in [0.15, 0.2) is 0 Å². The second-order valence-electron chi connectivity index (χ2n) is 8.12. The summed E-state index contributed by atoms with van der Waals surface area (Å²) >= 11 is 0. The Balaban J connectivity index is 5.81. The quantitative estimate of drug-likeness (QED) is 0.102. The molecule has 0 bridgehead atoms. The fourth-order valence-electron chi connectivity index (χ4n) is 3.00. The Labute approximate surface area is 200 Å². The van der Waals surface area contributed by atoms with Crippen LogP contribution in [0.25, 0.3) is 0 Å². The standard InChI is InChI=1S/C24H44O8Si/c1-5-9-13-17-29-21(25)33(22(26)30-18-14-10-6-2,23(27)31-19-15-11-7-3)24(28)32-20-16-12-8-4/h5-20H2,1-4H3. The van der Waals surface area contributed by atoms with E-state index in [0.29, 0.717) is 25.7 Å². The molecule has 0 aromatic heterocycles. The third kappa shape index (κ3) is 11.2. The van der Waals surface area contributed by atoms with Crippen LogP contribution < -0.4 is 0 Å². The number of unbranched alkanes of at least 4 members (excludes halogenated alkanes) is 8. The van der Waals surface area contributed by atoms with Gasteiger partial charge in [0.2, 0.25) is 0 Å². The average molecular weight is 489 g/mol. The molecule has 0 spiro atoms. The van der Waals surface area contributed by atoms with Gasteiger partial charge in [-0.1, -0.05) is 79.1 Å². The fraction of sp³-hybridized carbons (Fsp3) is 0.833. The van der Waals surface area contributed by atoms with Crippen molar-refractivity contribution < 1.29 is 38.1 Å². The molecule has 0 aromatic rings. The number of rotatable bonds is 20. The lowest BCUT2D eigenvalue weighted by Gasteiger charge is -2.23. The second-order valence-corrected chi connectivity index (χ2v) is 11.3. The van der Waals surface area contributed by atoms with Crippen LogP contribution in [-0.4, -0.2) is 56.9 Å². The van der Waals surface area contributed by atoms with E-state index in [4.69, 9.17) is 18.9 Å². The predicted octanol–water partition coefficient (Wildman–Crippen LogP) is 7.07. The van der Waals surface area contributed by atoms with Gasteiger partial charge < -0.3 is 18.9 Å². The van der Waals surface area contributed by atoms with Gasteiger partial charge in [0.05, 0.1) is 26.4 Å². The van der Waals surface area contributed by atoms with Crippen molar-refractivity contribution >= 4 is 30.4 Å². The molecule has 0 N–H and O–H groups in total. The van der Waals surface area contributed by atoms with Crippen LogP contribution in [0.1, 0.15) is 105 Å². The van der Waals surface area contributed by atoms with Crippen molar-refractivity contribution in [3.8, 4) is 0 Å².